The molecular weight excluding hydrogens is 918 g/mol. The van der Waals surface area contributed by atoms with E-state index in [0.717, 1.165) is 61.1 Å². The van der Waals surface area contributed by atoms with E-state index < -0.39 is 41.3 Å². The van der Waals surface area contributed by atoms with Gasteiger partial charge < -0.3 is 24.3 Å². The summed E-state index contributed by atoms with van der Waals surface area (Å²) in [7, 11) is -7.70. The van der Waals surface area contributed by atoms with Gasteiger partial charge in [0.15, 0.2) is 9.84 Å². The maximum atomic E-state index is 14.1. The van der Waals surface area contributed by atoms with Crippen molar-refractivity contribution >= 4 is 65.3 Å². The first-order chi connectivity index (χ1) is 32.0. The molecule has 354 valence electrons. The second-order valence-electron chi connectivity index (χ2n) is 18.8. The van der Waals surface area contributed by atoms with Crippen LogP contribution in [-0.4, -0.2) is 118 Å². The second kappa shape index (κ2) is 18.9. The van der Waals surface area contributed by atoms with Gasteiger partial charge in [0.2, 0.25) is 0 Å². The molecule has 2 N–H and O–H groups in total. The number of carbonyl (C=O) groups is 1. The van der Waals surface area contributed by atoms with Crippen LogP contribution in [0.5, 0.6) is 17.2 Å². The first-order valence-corrected chi connectivity index (χ1v) is 26.3. The van der Waals surface area contributed by atoms with E-state index in [9.17, 15) is 31.7 Å². The van der Waals surface area contributed by atoms with Crippen molar-refractivity contribution in [2.75, 3.05) is 75.4 Å². The van der Waals surface area contributed by atoms with Crippen molar-refractivity contribution in [1.82, 2.24) is 24.5 Å². The predicted molar refractivity (Wildman–Crippen MR) is 257 cm³/mol. The van der Waals surface area contributed by atoms with Gasteiger partial charge in [0.1, 0.15) is 22.9 Å². The SMILES string of the molecule is CC1(C)CCC(CN2CCN(c3ccc(C(=O)NS(=O)(=O)c4cc5c(c([N+](=O)[O-])c4)C[C@@H](CCN4CCS(=O)(=O)CC4)CO5)c(Oc4cnc5[nH]ccc5c4)c3)CC2)=C(c2ccc(Cl)cc2)C1. The summed E-state index contributed by atoms with van der Waals surface area (Å²) in [4.78, 5) is 39.5. The zero-order valence-electron chi connectivity index (χ0n) is 37.5. The van der Waals surface area contributed by atoms with E-state index in [2.05, 4.69) is 55.4 Å². The second-order valence-corrected chi connectivity index (χ2v) is 23.3. The third-order valence-electron chi connectivity index (χ3n) is 13.5. The highest BCUT2D eigenvalue weighted by molar-refractivity contribution is 7.91. The number of sulfone groups is 1. The third kappa shape index (κ3) is 10.8. The van der Waals surface area contributed by atoms with Crippen LogP contribution in [0.1, 0.15) is 61.0 Å². The Hall–Kier alpha value is -5.53. The van der Waals surface area contributed by atoms with Gasteiger partial charge in [-0.3, -0.25) is 19.8 Å². The molecule has 0 saturated carbocycles. The normalized spacial score (nSPS) is 20.0. The fourth-order valence-electron chi connectivity index (χ4n) is 9.55. The molecule has 4 aliphatic rings. The summed E-state index contributed by atoms with van der Waals surface area (Å²) in [6.07, 6.45) is 7.31. The number of sulfonamides is 1. The summed E-state index contributed by atoms with van der Waals surface area (Å²) in [6, 6.07) is 18.9. The molecule has 5 aromatic rings. The molecule has 3 aliphatic heterocycles. The van der Waals surface area contributed by atoms with Crippen molar-refractivity contribution in [3.8, 4) is 17.2 Å². The number of nitro benzene ring substituents is 1. The number of nitrogens with one attached hydrogen (secondary N) is 2. The largest absolute Gasteiger partial charge is 0.493 e. The lowest BCUT2D eigenvalue weighted by molar-refractivity contribution is -0.386. The first kappa shape index (κ1) is 46.6. The molecule has 9 rings (SSSR count). The van der Waals surface area contributed by atoms with Crippen LogP contribution in [0.3, 0.4) is 0 Å². The van der Waals surface area contributed by atoms with E-state index in [-0.39, 0.29) is 58.5 Å². The number of allylic oxidation sites excluding steroid dienone is 1. The van der Waals surface area contributed by atoms with Crippen LogP contribution in [0.15, 0.2) is 89.6 Å². The molecule has 0 unspecified atom stereocenters. The van der Waals surface area contributed by atoms with E-state index in [4.69, 9.17) is 21.1 Å². The number of H-pyrrole nitrogens is 1. The van der Waals surface area contributed by atoms with Gasteiger partial charge in [0.05, 0.1) is 45.3 Å². The predicted octanol–water partition coefficient (Wildman–Crippen LogP) is 7.49. The van der Waals surface area contributed by atoms with Crippen molar-refractivity contribution in [3.63, 3.8) is 0 Å². The van der Waals surface area contributed by atoms with Gasteiger partial charge in [-0.25, -0.2) is 26.5 Å². The Labute approximate surface area is 395 Å². The quantitative estimate of drug-likeness (QED) is 0.0870. The van der Waals surface area contributed by atoms with Crippen LogP contribution in [0.4, 0.5) is 11.4 Å². The highest BCUT2D eigenvalue weighted by atomic mass is 35.5. The highest BCUT2D eigenvalue weighted by Crippen LogP contribution is 2.44. The molecule has 16 nitrogen and oxygen atoms in total. The number of piperazine rings is 1. The standard InChI is InChI=1S/C48H54ClN7O9S2/c1-48(2)12-9-35(42(28-48)33-3-5-36(49)6-4-33)30-54-15-17-55(18-16-54)37-7-8-40(45(25-37)65-38-24-34-10-13-50-46(34)51-29-38)47(57)52-67(62,63)39-26-43(56(58)59)41-23-32(31-64-44(41)27-39)11-14-53-19-21-66(60,61)22-20-53/h3-8,10,13,24-27,29,32H,9,11-12,14-23,28,30-31H2,1-2H3,(H,50,51)(H,52,57)/t32-/m1/s1. The van der Waals surface area contributed by atoms with Crippen LogP contribution in [-0.2, 0) is 26.3 Å². The number of ether oxygens (including phenoxy) is 2. The number of fused-ring (bicyclic) bond motifs is 2. The molecule has 2 aromatic heterocycles. The number of hydrogen-bond donors (Lipinski definition) is 2. The zero-order valence-corrected chi connectivity index (χ0v) is 39.9. The Morgan fingerprint density at radius 1 is 1.01 bits per heavy atom. The number of anilines is 1. The Morgan fingerprint density at radius 3 is 2.52 bits per heavy atom. The zero-order chi connectivity index (χ0) is 47.1. The minimum absolute atomic E-state index is 0.0601. The number of benzene rings is 3. The lowest BCUT2D eigenvalue weighted by Gasteiger charge is -2.39. The summed E-state index contributed by atoms with van der Waals surface area (Å²) >= 11 is 6.25. The Bertz CT molecular complexity index is 2950. The van der Waals surface area contributed by atoms with E-state index >= 15 is 0 Å². The van der Waals surface area contributed by atoms with E-state index in [1.54, 1.807) is 24.4 Å². The Balaban J connectivity index is 0.919. The maximum absolute atomic E-state index is 14.1. The Kier molecular flexibility index (Phi) is 13.1. The number of pyridine rings is 1. The molecule has 1 aliphatic carbocycles. The number of hydrogen-bond acceptors (Lipinski definition) is 13. The molecular formula is C48H54ClN7O9S2. The summed E-state index contributed by atoms with van der Waals surface area (Å²) in [6.45, 7) is 10.2. The van der Waals surface area contributed by atoms with Crippen molar-refractivity contribution in [3.05, 3.63) is 117 Å². The minimum atomic E-state index is -4.67. The minimum Gasteiger partial charge on any atom is -0.493 e. The third-order valence-corrected chi connectivity index (χ3v) is 16.7. The molecule has 3 aromatic carbocycles. The van der Waals surface area contributed by atoms with Crippen molar-refractivity contribution < 1.29 is 36.0 Å². The average Bonchev–Trinajstić information content (AvgIpc) is 3.77. The van der Waals surface area contributed by atoms with Crippen molar-refractivity contribution in [1.29, 1.82) is 0 Å². The number of amides is 1. The van der Waals surface area contributed by atoms with Gasteiger partial charge in [-0.2, -0.15) is 0 Å². The van der Waals surface area contributed by atoms with E-state index in [1.165, 1.54) is 35.0 Å². The number of rotatable bonds is 13. The molecule has 0 bridgehead atoms. The molecule has 2 saturated heterocycles. The van der Waals surface area contributed by atoms with Gasteiger partial charge in [-0.05, 0) is 97.5 Å². The number of aromatic nitrogens is 2. The summed E-state index contributed by atoms with van der Waals surface area (Å²) in [5, 5.41) is 13.9. The number of halogens is 1. The molecule has 67 heavy (non-hydrogen) atoms. The molecule has 0 radical (unpaired) electrons. The van der Waals surface area contributed by atoms with E-state index in [1.807, 2.05) is 18.2 Å². The van der Waals surface area contributed by atoms with Crippen LogP contribution in [0.25, 0.3) is 16.6 Å². The van der Waals surface area contributed by atoms with Crippen molar-refractivity contribution in [2.24, 2.45) is 11.3 Å². The number of nitrogens with zero attached hydrogens (tertiary/aromatic N) is 5. The smallest absolute Gasteiger partial charge is 0.277 e. The highest BCUT2D eigenvalue weighted by Gasteiger charge is 2.34. The van der Waals surface area contributed by atoms with Gasteiger partial charge in [-0.15, -0.1) is 0 Å². The van der Waals surface area contributed by atoms with Gasteiger partial charge in [0.25, 0.3) is 21.6 Å². The number of carbonyl (C=O) groups excluding carboxylic acids is 1. The molecule has 0 spiro atoms. The monoisotopic (exact) mass is 971 g/mol. The van der Waals surface area contributed by atoms with Crippen LogP contribution in [0, 0.1) is 21.4 Å². The van der Waals surface area contributed by atoms with Crippen LogP contribution < -0.4 is 19.1 Å². The van der Waals surface area contributed by atoms with Crippen LogP contribution >= 0.6 is 11.6 Å². The summed E-state index contributed by atoms with van der Waals surface area (Å²) < 4.78 is 66.0. The summed E-state index contributed by atoms with van der Waals surface area (Å²) in [5.41, 5.74) is 5.49. The fourth-order valence-corrected chi connectivity index (χ4v) is 12.0. The topological polar surface area (TPSA) is 197 Å². The first-order valence-electron chi connectivity index (χ1n) is 22.6. The van der Waals surface area contributed by atoms with Gasteiger partial charge >= 0.3 is 0 Å². The van der Waals surface area contributed by atoms with E-state index in [0.29, 0.717) is 50.5 Å². The molecule has 2 fully saturated rings. The fraction of sp³-hybridized carbons (Fsp3) is 0.417. The molecule has 19 heteroatoms. The molecule has 1 amide bonds. The number of nitro groups is 1. The van der Waals surface area contributed by atoms with Gasteiger partial charge in [0, 0.05) is 86.3 Å². The average molecular weight is 973 g/mol. The van der Waals surface area contributed by atoms with Crippen LogP contribution in [0.2, 0.25) is 5.02 Å². The molecule has 1 atom stereocenters. The molecule has 5 heterocycles. The number of aromatic amines is 1. The summed E-state index contributed by atoms with van der Waals surface area (Å²) in [5.74, 6) is -0.408. The maximum Gasteiger partial charge on any atom is 0.277 e. The lowest BCUT2D eigenvalue weighted by Crippen LogP contribution is -2.47. The van der Waals surface area contributed by atoms with Crippen molar-refractivity contribution in [2.45, 2.75) is 50.8 Å². The van der Waals surface area contributed by atoms with Gasteiger partial charge in [-0.1, -0.05) is 43.2 Å². The lowest BCUT2D eigenvalue weighted by atomic mass is 9.72. The Morgan fingerprint density at radius 2 is 1.78 bits per heavy atom.